The SMILES string of the molecule is O=C[C@@H](O)[C@@H](O)[C@H](O)[C@H](O)[C@@H](O)CO. The van der Waals surface area contributed by atoms with Crippen molar-refractivity contribution in [2.24, 2.45) is 0 Å². The van der Waals surface area contributed by atoms with Crippen molar-refractivity contribution < 1.29 is 35.4 Å². The summed E-state index contributed by atoms with van der Waals surface area (Å²) in [6.07, 6.45) is -9.21. The molecule has 0 heterocycles. The number of hydrogen-bond donors (Lipinski definition) is 6. The largest absolute Gasteiger partial charge is 0.394 e. The van der Waals surface area contributed by atoms with Crippen molar-refractivity contribution in [2.75, 3.05) is 6.61 Å². The molecule has 0 radical (unpaired) electrons. The number of aldehydes is 1. The van der Waals surface area contributed by atoms with E-state index in [4.69, 9.17) is 30.6 Å². The molecule has 7 heteroatoms. The fourth-order valence-corrected chi connectivity index (χ4v) is 0.820. The van der Waals surface area contributed by atoms with Gasteiger partial charge in [0.05, 0.1) is 6.61 Å². The summed E-state index contributed by atoms with van der Waals surface area (Å²) in [5.74, 6) is 0. The van der Waals surface area contributed by atoms with Crippen molar-refractivity contribution in [3.05, 3.63) is 0 Å². The Kier molecular flexibility index (Phi) is 5.77. The molecule has 0 aliphatic carbocycles. The van der Waals surface area contributed by atoms with Crippen molar-refractivity contribution >= 4 is 6.29 Å². The van der Waals surface area contributed by atoms with Gasteiger partial charge in [0, 0.05) is 0 Å². The van der Waals surface area contributed by atoms with E-state index in [9.17, 15) is 4.79 Å². The predicted molar refractivity (Wildman–Crippen MR) is 43.2 cm³/mol. The maximum absolute atomic E-state index is 10.00. The molecule has 0 rings (SSSR count). The second-order valence-corrected chi connectivity index (χ2v) is 2.85. The first-order valence-electron chi connectivity index (χ1n) is 3.92. The Morgan fingerprint density at radius 1 is 0.929 bits per heavy atom. The summed E-state index contributed by atoms with van der Waals surface area (Å²) in [4.78, 5) is 10.00. The average molecular weight is 210 g/mol. The molecule has 0 aliphatic heterocycles. The van der Waals surface area contributed by atoms with Crippen LogP contribution < -0.4 is 0 Å². The Morgan fingerprint density at radius 3 is 1.79 bits per heavy atom. The number of carbonyl (C=O) groups excluding carboxylic acids is 1. The van der Waals surface area contributed by atoms with E-state index in [1.807, 2.05) is 0 Å². The highest BCUT2D eigenvalue weighted by Gasteiger charge is 2.33. The van der Waals surface area contributed by atoms with Crippen LogP contribution in [0, 0.1) is 0 Å². The minimum Gasteiger partial charge on any atom is -0.394 e. The Balaban J connectivity index is 4.29. The number of rotatable bonds is 6. The summed E-state index contributed by atoms with van der Waals surface area (Å²) in [7, 11) is 0. The topological polar surface area (TPSA) is 138 Å². The maximum atomic E-state index is 10.00. The highest BCUT2D eigenvalue weighted by Crippen LogP contribution is 2.07. The highest BCUT2D eigenvalue weighted by atomic mass is 16.4. The Hall–Kier alpha value is -0.570. The molecule has 84 valence electrons. The van der Waals surface area contributed by atoms with Crippen LogP contribution in [-0.4, -0.2) is 74.1 Å². The molecule has 0 aliphatic rings. The molecular formula is C7H14O7. The molecule has 14 heavy (non-hydrogen) atoms. The third kappa shape index (κ3) is 3.29. The van der Waals surface area contributed by atoms with Gasteiger partial charge in [-0.25, -0.2) is 0 Å². The molecule has 0 saturated carbocycles. The first kappa shape index (κ1) is 13.4. The molecule has 0 fully saturated rings. The molecule has 6 N–H and O–H groups in total. The zero-order valence-corrected chi connectivity index (χ0v) is 7.26. The monoisotopic (exact) mass is 210 g/mol. The van der Waals surface area contributed by atoms with Crippen molar-refractivity contribution in [2.45, 2.75) is 30.5 Å². The van der Waals surface area contributed by atoms with E-state index in [2.05, 4.69) is 0 Å². The van der Waals surface area contributed by atoms with E-state index < -0.39 is 37.1 Å². The second kappa shape index (κ2) is 6.02. The van der Waals surface area contributed by atoms with Crippen LogP contribution in [0.15, 0.2) is 0 Å². The number of hydrogen-bond acceptors (Lipinski definition) is 7. The quantitative estimate of drug-likeness (QED) is 0.245. The molecule has 0 amide bonds. The molecule has 0 aromatic heterocycles. The zero-order chi connectivity index (χ0) is 11.3. The Labute approximate surface area is 79.9 Å². The third-order valence-electron chi connectivity index (χ3n) is 1.77. The summed E-state index contributed by atoms with van der Waals surface area (Å²) < 4.78 is 0. The van der Waals surface area contributed by atoms with Crippen molar-refractivity contribution in [3.63, 3.8) is 0 Å². The highest BCUT2D eigenvalue weighted by molar-refractivity contribution is 5.56. The van der Waals surface area contributed by atoms with Gasteiger partial charge in [-0.15, -0.1) is 0 Å². The van der Waals surface area contributed by atoms with Crippen LogP contribution >= 0.6 is 0 Å². The standard InChI is InChI=1S/C7H14O7/c8-1-3(10)5(12)7(14)6(13)4(11)2-9/h1,3-7,9-14H,2H2/t3-,4+,5-,6-,7+/m1/s1. The van der Waals surface area contributed by atoms with E-state index in [1.165, 1.54) is 0 Å². The predicted octanol–water partition coefficient (Wildman–Crippen LogP) is -4.02. The van der Waals surface area contributed by atoms with Gasteiger partial charge in [-0.1, -0.05) is 0 Å². The lowest BCUT2D eigenvalue weighted by molar-refractivity contribution is -0.147. The summed E-state index contributed by atoms with van der Waals surface area (Å²) in [6.45, 7) is -0.817. The van der Waals surface area contributed by atoms with E-state index in [-0.39, 0.29) is 6.29 Å². The average Bonchev–Trinajstić information content (AvgIpc) is 2.23. The number of carbonyl (C=O) groups is 1. The van der Waals surface area contributed by atoms with Gasteiger partial charge in [0.1, 0.15) is 30.5 Å². The molecule has 7 nitrogen and oxygen atoms in total. The number of aliphatic hydroxyl groups is 6. The Morgan fingerprint density at radius 2 is 1.43 bits per heavy atom. The van der Waals surface area contributed by atoms with Gasteiger partial charge in [0.25, 0.3) is 0 Å². The Bertz CT molecular complexity index is 173. The molecule has 0 saturated heterocycles. The van der Waals surface area contributed by atoms with Gasteiger partial charge >= 0.3 is 0 Å². The van der Waals surface area contributed by atoms with Crippen molar-refractivity contribution in [1.29, 1.82) is 0 Å². The van der Waals surface area contributed by atoms with Gasteiger partial charge < -0.3 is 35.4 Å². The molecule has 0 unspecified atom stereocenters. The van der Waals surface area contributed by atoms with Crippen LogP contribution in [0.3, 0.4) is 0 Å². The molecule has 0 aromatic carbocycles. The van der Waals surface area contributed by atoms with Crippen LogP contribution in [0.25, 0.3) is 0 Å². The minimum atomic E-state index is -1.92. The molecule has 0 spiro atoms. The molecule has 0 aromatic rings. The van der Waals surface area contributed by atoms with E-state index in [1.54, 1.807) is 0 Å². The summed E-state index contributed by atoms with van der Waals surface area (Å²) >= 11 is 0. The smallest absolute Gasteiger partial charge is 0.151 e. The lowest BCUT2D eigenvalue weighted by atomic mass is 10.0. The van der Waals surface area contributed by atoms with Gasteiger partial charge in [-0.3, -0.25) is 0 Å². The first-order chi connectivity index (χ1) is 6.45. The van der Waals surface area contributed by atoms with Crippen LogP contribution in [0.1, 0.15) is 0 Å². The molecule has 5 atom stereocenters. The van der Waals surface area contributed by atoms with E-state index >= 15 is 0 Å². The maximum Gasteiger partial charge on any atom is 0.151 e. The van der Waals surface area contributed by atoms with Gasteiger partial charge in [-0.05, 0) is 0 Å². The van der Waals surface area contributed by atoms with Crippen LogP contribution in [0.4, 0.5) is 0 Å². The van der Waals surface area contributed by atoms with Crippen molar-refractivity contribution in [1.82, 2.24) is 0 Å². The van der Waals surface area contributed by atoms with Crippen LogP contribution in [-0.2, 0) is 4.79 Å². The van der Waals surface area contributed by atoms with Crippen LogP contribution in [0.5, 0.6) is 0 Å². The summed E-state index contributed by atoms with van der Waals surface area (Å²) in [5.41, 5.74) is 0. The van der Waals surface area contributed by atoms with E-state index in [0.717, 1.165) is 0 Å². The minimum absolute atomic E-state index is 0.0219. The summed E-state index contributed by atoms with van der Waals surface area (Å²) in [6, 6.07) is 0. The fraction of sp³-hybridized carbons (Fsp3) is 0.857. The fourth-order valence-electron chi connectivity index (χ4n) is 0.820. The lowest BCUT2D eigenvalue weighted by Crippen LogP contribution is -2.50. The van der Waals surface area contributed by atoms with Crippen LogP contribution in [0.2, 0.25) is 0 Å². The normalized spacial score (nSPS) is 22.1. The van der Waals surface area contributed by atoms with E-state index in [0.29, 0.717) is 0 Å². The molecule has 0 bridgehead atoms. The van der Waals surface area contributed by atoms with Gasteiger partial charge in [0.2, 0.25) is 0 Å². The van der Waals surface area contributed by atoms with Crippen molar-refractivity contribution in [3.8, 4) is 0 Å². The second-order valence-electron chi connectivity index (χ2n) is 2.85. The first-order valence-corrected chi connectivity index (χ1v) is 3.92. The summed E-state index contributed by atoms with van der Waals surface area (Å²) in [5, 5.41) is 53.2. The molecular weight excluding hydrogens is 196 g/mol. The third-order valence-corrected chi connectivity index (χ3v) is 1.77. The van der Waals surface area contributed by atoms with Gasteiger partial charge in [-0.2, -0.15) is 0 Å². The zero-order valence-electron chi connectivity index (χ0n) is 7.26. The lowest BCUT2D eigenvalue weighted by Gasteiger charge is -2.26. The number of aliphatic hydroxyl groups excluding tert-OH is 6. The van der Waals surface area contributed by atoms with Gasteiger partial charge in [0.15, 0.2) is 6.29 Å².